The van der Waals surface area contributed by atoms with Crippen molar-refractivity contribution in [2.75, 3.05) is 31.6 Å². The fourth-order valence-electron chi connectivity index (χ4n) is 3.71. The molecule has 0 atom stereocenters. The number of likely N-dealkylation sites (tertiary alicyclic amines) is 1. The van der Waals surface area contributed by atoms with Gasteiger partial charge in [0.2, 0.25) is 0 Å². The molecule has 19 heavy (non-hydrogen) atoms. The summed E-state index contributed by atoms with van der Waals surface area (Å²) in [6.07, 6.45) is 3.89. The van der Waals surface area contributed by atoms with Crippen molar-refractivity contribution < 1.29 is 0 Å². The predicted octanol–water partition coefficient (Wildman–Crippen LogP) is 3.27. The largest absolute Gasteiger partial charge is 0.368 e. The third-order valence-electron chi connectivity index (χ3n) is 4.85. The van der Waals surface area contributed by atoms with Gasteiger partial charge in [0.25, 0.3) is 0 Å². The van der Waals surface area contributed by atoms with Crippen molar-refractivity contribution in [2.24, 2.45) is 0 Å². The maximum atomic E-state index is 2.69. The van der Waals surface area contributed by atoms with E-state index in [0.717, 1.165) is 6.04 Å². The van der Waals surface area contributed by atoms with Crippen LogP contribution >= 0.6 is 0 Å². The quantitative estimate of drug-likeness (QED) is 0.803. The van der Waals surface area contributed by atoms with Gasteiger partial charge >= 0.3 is 0 Å². The molecule has 0 aliphatic carbocycles. The normalized spacial score (nSPS) is 21.2. The Morgan fingerprint density at radius 1 is 1.11 bits per heavy atom. The van der Waals surface area contributed by atoms with Crippen LogP contribution in [0.2, 0.25) is 0 Å². The highest BCUT2D eigenvalue weighted by atomic mass is 15.2. The smallest absolute Gasteiger partial charge is 0.0404 e. The van der Waals surface area contributed by atoms with E-state index in [1.165, 1.54) is 44.6 Å². The Balaban J connectivity index is 1.84. The van der Waals surface area contributed by atoms with Gasteiger partial charge in [0.15, 0.2) is 0 Å². The first kappa shape index (κ1) is 13.0. The number of fused-ring (bicyclic) bond motifs is 1. The Kier molecular flexibility index (Phi) is 3.53. The summed E-state index contributed by atoms with van der Waals surface area (Å²) in [4.78, 5) is 5.15. The van der Waals surface area contributed by atoms with Gasteiger partial charge in [0, 0.05) is 18.3 Å². The summed E-state index contributed by atoms with van der Waals surface area (Å²) >= 11 is 0. The van der Waals surface area contributed by atoms with Crippen LogP contribution in [0.4, 0.5) is 5.69 Å². The third kappa shape index (κ3) is 2.38. The molecule has 1 aromatic rings. The van der Waals surface area contributed by atoms with Crippen LogP contribution in [0.25, 0.3) is 0 Å². The van der Waals surface area contributed by atoms with Gasteiger partial charge in [-0.1, -0.05) is 26.0 Å². The van der Waals surface area contributed by atoms with Crippen molar-refractivity contribution in [1.29, 1.82) is 0 Å². The van der Waals surface area contributed by atoms with E-state index >= 15 is 0 Å². The number of rotatable bonds is 2. The number of nitrogens with zero attached hydrogens (tertiary/aromatic N) is 2. The second-order valence-corrected chi connectivity index (χ2v) is 6.48. The summed E-state index contributed by atoms with van der Waals surface area (Å²) in [5.41, 5.74) is 4.71. The van der Waals surface area contributed by atoms with Gasteiger partial charge in [-0.3, -0.25) is 0 Å². The molecule has 2 heterocycles. The van der Waals surface area contributed by atoms with Crippen molar-refractivity contribution in [3.63, 3.8) is 0 Å². The van der Waals surface area contributed by atoms with E-state index in [0.29, 0.717) is 5.92 Å². The Bertz CT molecular complexity index is 445. The second-order valence-electron chi connectivity index (χ2n) is 6.48. The lowest BCUT2D eigenvalue weighted by Gasteiger charge is -2.36. The van der Waals surface area contributed by atoms with Gasteiger partial charge in [-0.2, -0.15) is 0 Å². The maximum Gasteiger partial charge on any atom is 0.0404 e. The van der Waals surface area contributed by atoms with Crippen LogP contribution in [0.1, 0.15) is 43.7 Å². The Hall–Kier alpha value is -1.02. The van der Waals surface area contributed by atoms with Crippen LogP contribution in [0.3, 0.4) is 0 Å². The molecule has 2 nitrogen and oxygen atoms in total. The molecule has 104 valence electrons. The summed E-state index contributed by atoms with van der Waals surface area (Å²) in [7, 11) is 2.24. The lowest BCUT2D eigenvalue weighted by molar-refractivity contribution is 0.251. The molecule has 0 amide bonds. The minimum atomic E-state index is 0.646. The number of benzene rings is 1. The van der Waals surface area contributed by atoms with E-state index in [-0.39, 0.29) is 0 Å². The van der Waals surface area contributed by atoms with E-state index < -0.39 is 0 Å². The third-order valence-corrected chi connectivity index (χ3v) is 4.85. The molecule has 0 N–H and O–H groups in total. The van der Waals surface area contributed by atoms with Crippen LogP contribution < -0.4 is 4.90 Å². The van der Waals surface area contributed by atoms with Crippen molar-refractivity contribution in [1.82, 2.24) is 4.90 Å². The highest BCUT2D eigenvalue weighted by molar-refractivity contribution is 5.62. The molecule has 2 heteroatoms. The van der Waals surface area contributed by atoms with Gasteiger partial charge in [0.1, 0.15) is 0 Å². The molecule has 0 bridgehead atoms. The fourth-order valence-corrected chi connectivity index (χ4v) is 3.71. The molecule has 2 aliphatic rings. The van der Waals surface area contributed by atoms with Gasteiger partial charge in [-0.05, 0) is 62.5 Å². The zero-order valence-corrected chi connectivity index (χ0v) is 12.5. The zero-order valence-electron chi connectivity index (χ0n) is 12.5. The topological polar surface area (TPSA) is 6.48 Å². The molecular formula is C17H26N2. The molecule has 0 radical (unpaired) electrons. The molecule has 1 fully saturated rings. The van der Waals surface area contributed by atoms with Gasteiger partial charge in [-0.25, -0.2) is 0 Å². The first-order chi connectivity index (χ1) is 9.16. The summed E-state index contributed by atoms with van der Waals surface area (Å²) in [6, 6.07) is 7.68. The van der Waals surface area contributed by atoms with Gasteiger partial charge < -0.3 is 9.80 Å². The van der Waals surface area contributed by atoms with Crippen molar-refractivity contribution in [3.05, 3.63) is 29.3 Å². The molecular weight excluding hydrogens is 232 g/mol. The predicted molar refractivity (Wildman–Crippen MR) is 82.1 cm³/mol. The monoisotopic (exact) mass is 258 g/mol. The average molecular weight is 258 g/mol. The standard InChI is InChI=1S/C17H26N2/c1-13(2)15-5-4-6-17-16(15)9-12-19(17)14-7-10-18(3)11-8-14/h4-6,13-14H,7-12H2,1-3H3. The van der Waals surface area contributed by atoms with Crippen LogP contribution in [-0.2, 0) is 6.42 Å². The minimum absolute atomic E-state index is 0.646. The van der Waals surface area contributed by atoms with Gasteiger partial charge in [-0.15, -0.1) is 0 Å². The van der Waals surface area contributed by atoms with Crippen molar-refractivity contribution >= 4 is 5.69 Å². The lowest BCUT2D eigenvalue weighted by Crippen LogP contribution is -2.43. The maximum absolute atomic E-state index is 2.69. The summed E-state index contributed by atoms with van der Waals surface area (Å²) < 4.78 is 0. The summed E-state index contributed by atoms with van der Waals surface area (Å²) in [6.45, 7) is 8.36. The van der Waals surface area contributed by atoms with Crippen LogP contribution in [0, 0.1) is 0 Å². The second kappa shape index (κ2) is 5.16. The Labute approximate surface area is 117 Å². The molecule has 0 aromatic heterocycles. The zero-order chi connectivity index (χ0) is 13.4. The van der Waals surface area contributed by atoms with E-state index in [9.17, 15) is 0 Å². The van der Waals surface area contributed by atoms with Crippen LogP contribution in [-0.4, -0.2) is 37.6 Å². The fraction of sp³-hybridized carbons (Fsp3) is 0.647. The van der Waals surface area contributed by atoms with E-state index in [2.05, 4.69) is 48.9 Å². The van der Waals surface area contributed by atoms with E-state index in [1.54, 1.807) is 11.1 Å². The van der Waals surface area contributed by atoms with Gasteiger partial charge in [0.05, 0.1) is 0 Å². The average Bonchev–Trinajstić information content (AvgIpc) is 2.83. The molecule has 2 aliphatic heterocycles. The van der Waals surface area contributed by atoms with Crippen molar-refractivity contribution in [3.8, 4) is 0 Å². The van der Waals surface area contributed by atoms with E-state index in [4.69, 9.17) is 0 Å². The highest BCUT2D eigenvalue weighted by Crippen LogP contribution is 2.36. The Morgan fingerprint density at radius 3 is 2.53 bits per heavy atom. The van der Waals surface area contributed by atoms with Crippen molar-refractivity contribution in [2.45, 2.75) is 45.1 Å². The molecule has 0 spiro atoms. The van der Waals surface area contributed by atoms with Crippen LogP contribution in [0.5, 0.6) is 0 Å². The first-order valence-electron chi connectivity index (χ1n) is 7.74. The molecule has 3 rings (SSSR count). The Morgan fingerprint density at radius 2 is 1.84 bits per heavy atom. The minimum Gasteiger partial charge on any atom is -0.368 e. The summed E-state index contributed by atoms with van der Waals surface area (Å²) in [5, 5.41) is 0. The molecule has 0 saturated carbocycles. The molecule has 0 unspecified atom stereocenters. The number of anilines is 1. The molecule has 1 aromatic carbocycles. The van der Waals surface area contributed by atoms with E-state index in [1.807, 2.05) is 0 Å². The first-order valence-corrected chi connectivity index (χ1v) is 7.74. The highest BCUT2D eigenvalue weighted by Gasteiger charge is 2.29. The molecule has 1 saturated heterocycles. The number of hydrogen-bond acceptors (Lipinski definition) is 2. The number of hydrogen-bond donors (Lipinski definition) is 0. The lowest BCUT2D eigenvalue weighted by atomic mass is 9.95. The van der Waals surface area contributed by atoms with Crippen LogP contribution in [0.15, 0.2) is 18.2 Å². The SMILES string of the molecule is CC(C)c1cccc2c1CCN2C1CCN(C)CC1. The summed E-state index contributed by atoms with van der Waals surface area (Å²) in [5.74, 6) is 0.646. The number of piperidine rings is 1.